The Bertz CT molecular complexity index is 601. The minimum Gasteiger partial charge on any atom is -0.481 e. The van der Waals surface area contributed by atoms with Crippen molar-refractivity contribution in [1.82, 2.24) is 0 Å². The fraction of sp³-hybridized carbons (Fsp3) is 0.556. The second-order valence-electron chi connectivity index (χ2n) is 7.46. The van der Waals surface area contributed by atoms with Gasteiger partial charge in [0.2, 0.25) is 0 Å². The molecule has 0 N–H and O–H groups in total. The summed E-state index contributed by atoms with van der Waals surface area (Å²) in [5, 5.41) is 0. The largest absolute Gasteiger partial charge is 0.481 e. The van der Waals surface area contributed by atoms with Crippen LogP contribution in [0.4, 0.5) is 0 Å². The van der Waals surface area contributed by atoms with E-state index in [1.54, 1.807) is 53.7 Å². The predicted octanol–water partition coefficient (Wildman–Crippen LogP) is 4.65. The summed E-state index contributed by atoms with van der Waals surface area (Å²) in [7, 11) is 0. The summed E-state index contributed by atoms with van der Waals surface area (Å²) in [5.74, 6) is -0.0590. The second kappa shape index (κ2) is 9.08. The minimum atomic E-state index is -0.572. The molecular weight excluding hydrogens is 472 g/mol. The SMILES string of the molecule is CC(C)(C)OC(=O)COc1cc(Br)c(OCC(=O)OC(C)(C)C)cc1Br. The second-order valence-corrected chi connectivity index (χ2v) is 9.17. The molecule has 146 valence electrons. The van der Waals surface area contributed by atoms with Crippen LogP contribution in [0.15, 0.2) is 21.1 Å². The van der Waals surface area contributed by atoms with Gasteiger partial charge in [0.15, 0.2) is 13.2 Å². The van der Waals surface area contributed by atoms with E-state index in [1.165, 1.54) is 0 Å². The van der Waals surface area contributed by atoms with Crippen LogP contribution in [0.2, 0.25) is 0 Å². The maximum atomic E-state index is 11.7. The van der Waals surface area contributed by atoms with Crippen LogP contribution < -0.4 is 9.47 Å². The van der Waals surface area contributed by atoms with Crippen LogP contribution >= 0.6 is 31.9 Å². The van der Waals surface area contributed by atoms with Gasteiger partial charge in [0, 0.05) is 0 Å². The van der Waals surface area contributed by atoms with Gasteiger partial charge in [-0.05, 0) is 85.5 Å². The molecule has 1 rings (SSSR count). The summed E-state index contributed by atoms with van der Waals surface area (Å²) in [6.07, 6.45) is 0. The summed E-state index contributed by atoms with van der Waals surface area (Å²) < 4.78 is 22.5. The van der Waals surface area contributed by atoms with Crippen molar-refractivity contribution in [2.24, 2.45) is 0 Å². The molecule has 0 radical (unpaired) electrons. The van der Waals surface area contributed by atoms with Gasteiger partial charge < -0.3 is 18.9 Å². The van der Waals surface area contributed by atoms with E-state index in [0.717, 1.165) is 0 Å². The molecule has 0 aliphatic rings. The molecule has 0 heterocycles. The predicted molar refractivity (Wildman–Crippen MR) is 105 cm³/mol. The number of rotatable bonds is 6. The summed E-state index contributed by atoms with van der Waals surface area (Å²) >= 11 is 6.71. The van der Waals surface area contributed by atoms with Gasteiger partial charge in [-0.25, -0.2) is 9.59 Å². The van der Waals surface area contributed by atoms with E-state index < -0.39 is 23.1 Å². The van der Waals surface area contributed by atoms with Gasteiger partial charge in [-0.2, -0.15) is 0 Å². The van der Waals surface area contributed by atoms with Crippen LogP contribution in [0, 0.1) is 0 Å². The Balaban J connectivity index is 2.67. The van der Waals surface area contributed by atoms with Gasteiger partial charge in [0.25, 0.3) is 0 Å². The van der Waals surface area contributed by atoms with Crippen molar-refractivity contribution in [1.29, 1.82) is 0 Å². The maximum Gasteiger partial charge on any atom is 0.344 e. The summed E-state index contributed by atoms with van der Waals surface area (Å²) in [6.45, 7) is 10.3. The molecule has 0 bridgehead atoms. The first-order chi connectivity index (χ1) is 11.8. The van der Waals surface area contributed by atoms with Crippen LogP contribution in [0.3, 0.4) is 0 Å². The number of carbonyl (C=O) groups is 2. The first-order valence-corrected chi connectivity index (χ1v) is 9.54. The zero-order valence-corrected chi connectivity index (χ0v) is 18.9. The highest BCUT2D eigenvalue weighted by atomic mass is 79.9. The molecule has 0 unspecified atom stereocenters. The fourth-order valence-corrected chi connectivity index (χ4v) is 2.62. The molecule has 8 heteroatoms. The van der Waals surface area contributed by atoms with Crippen LogP contribution in [-0.4, -0.2) is 36.4 Å². The van der Waals surface area contributed by atoms with Crippen molar-refractivity contribution in [2.75, 3.05) is 13.2 Å². The smallest absolute Gasteiger partial charge is 0.344 e. The van der Waals surface area contributed by atoms with E-state index in [0.29, 0.717) is 20.4 Å². The lowest BCUT2D eigenvalue weighted by Crippen LogP contribution is -2.27. The molecule has 26 heavy (non-hydrogen) atoms. The lowest BCUT2D eigenvalue weighted by molar-refractivity contribution is -0.158. The zero-order chi connectivity index (χ0) is 20.1. The zero-order valence-electron chi connectivity index (χ0n) is 15.8. The number of esters is 2. The van der Waals surface area contributed by atoms with Crippen molar-refractivity contribution in [3.8, 4) is 11.5 Å². The molecule has 0 amide bonds. The van der Waals surface area contributed by atoms with Gasteiger partial charge in [0.1, 0.15) is 22.7 Å². The van der Waals surface area contributed by atoms with E-state index in [9.17, 15) is 9.59 Å². The quantitative estimate of drug-likeness (QED) is 0.535. The molecule has 6 nitrogen and oxygen atoms in total. The first kappa shape index (κ1) is 22.8. The Morgan fingerprint density at radius 2 is 1.08 bits per heavy atom. The molecule has 1 aromatic carbocycles. The van der Waals surface area contributed by atoms with Crippen molar-refractivity contribution < 1.29 is 28.5 Å². The summed E-state index contributed by atoms with van der Waals surface area (Å²) in [4.78, 5) is 23.5. The number of benzene rings is 1. The Kier molecular flexibility index (Phi) is 7.95. The topological polar surface area (TPSA) is 71.1 Å². The molecule has 0 saturated carbocycles. The van der Waals surface area contributed by atoms with Crippen molar-refractivity contribution in [3.05, 3.63) is 21.1 Å². The van der Waals surface area contributed by atoms with E-state index in [1.807, 2.05) is 0 Å². The van der Waals surface area contributed by atoms with E-state index in [4.69, 9.17) is 18.9 Å². The van der Waals surface area contributed by atoms with Crippen molar-refractivity contribution in [2.45, 2.75) is 52.7 Å². The maximum absolute atomic E-state index is 11.7. The van der Waals surface area contributed by atoms with Crippen LogP contribution in [-0.2, 0) is 19.1 Å². The standard InChI is InChI=1S/C18H24Br2O6/c1-17(2,3)25-15(21)9-23-13-7-12(20)14(8-11(13)19)24-10-16(22)26-18(4,5)6/h7-8H,9-10H2,1-6H3. The molecule has 0 aliphatic carbocycles. The van der Waals surface area contributed by atoms with E-state index in [-0.39, 0.29) is 13.2 Å². The van der Waals surface area contributed by atoms with Crippen molar-refractivity contribution in [3.63, 3.8) is 0 Å². The minimum absolute atomic E-state index is 0.222. The molecule has 0 aliphatic heterocycles. The van der Waals surface area contributed by atoms with Gasteiger partial charge in [0.05, 0.1) is 8.95 Å². The van der Waals surface area contributed by atoms with Crippen molar-refractivity contribution >= 4 is 43.8 Å². The molecular formula is C18H24Br2O6. The van der Waals surface area contributed by atoms with Crippen LogP contribution in [0.25, 0.3) is 0 Å². The molecule has 0 aromatic heterocycles. The Morgan fingerprint density at radius 1 is 0.769 bits per heavy atom. The first-order valence-electron chi connectivity index (χ1n) is 7.95. The molecule has 0 spiro atoms. The number of ether oxygens (including phenoxy) is 4. The third-order valence-corrected chi connectivity index (χ3v) is 3.76. The summed E-state index contributed by atoms with van der Waals surface area (Å²) in [6, 6.07) is 3.28. The third-order valence-electron chi connectivity index (χ3n) is 2.52. The van der Waals surface area contributed by atoms with Gasteiger partial charge in [-0.1, -0.05) is 0 Å². The number of halogens is 2. The monoisotopic (exact) mass is 494 g/mol. The van der Waals surface area contributed by atoms with Gasteiger partial charge in [-0.15, -0.1) is 0 Å². The average Bonchev–Trinajstić information content (AvgIpc) is 2.42. The molecule has 0 fully saturated rings. The average molecular weight is 496 g/mol. The molecule has 1 aromatic rings. The Labute approximate surface area is 170 Å². The Morgan fingerprint density at radius 3 is 1.35 bits per heavy atom. The van der Waals surface area contributed by atoms with E-state index >= 15 is 0 Å². The fourth-order valence-electron chi connectivity index (χ4n) is 1.75. The summed E-state index contributed by atoms with van der Waals surface area (Å²) in [5.41, 5.74) is -1.14. The Hall–Kier alpha value is -1.28. The highest BCUT2D eigenvalue weighted by Crippen LogP contribution is 2.36. The highest BCUT2D eigenvalue weighted by Gasteiger charge is 2.19. The van der Waals surface area contributed by atoms with Gasteiger partial charge >= 0.3 is 11.9 Å². The van der Waals surface area contributed by atoms with Crippen LogP contribution in [0.5, 0.6) is 11.5 Å². The lowest BCUT2D eigenvalue weighted by atomic mass is 10.2. The number of hydrogen-bond donors (Lipinski definition) is 0. The molecule has 0 saturated heterocycles. The lowest BCUT2D eigenvalue weighted by Gasteiger charge is -2.20. The number of hydrogen-bond acceptors (Lipinski definition) is 6. The normalized spacial score (nSPS) is 11.7. The molecule has 0 atom stereocenters. The highest BCUT2D eigenvalue weighted by molar-refractivity contribution is 9.11. The number of carbonyl (C=O) groups excluding carboxylic acids is 2. The van der Waals surface area contributed by atoms with E-state index in [2.05, 4.69) is 31.9 Å². The van der Waals surface area contributed by atoms with Gasteiger partial charge in [-0.3, -0.25) is 0 Å². The third kappa shape index (κ3) is 8.89. The van der Waals surface area contributed by atoms with Crippen LogP contribution in [0.1, 0.15) is 41.5 Å².